The highest BCUT2D eigenvalue weighted by Gasteiger charge is 2.26. The van der Waals surface area contributed by atoms with Crippen LogP contribution in [0.2, 0.25) is 0 Å². The summed E-state index contributed by atoms with van der Waals surface area (Å²) in [5.41, 5.74) is 0.210. The zero-order valence-corrected chi connectivity index (χ0v) is 12.6. The molecule has 1 aromatic heterocycles. The Bertz CT molecular complexity index is 710. The third-order valence-electron chi connectivity index (χ3n) is 2.26. The summed E-state index contributed by atoms with van der Waals surface area (Å²) in [5.74, 6) is 0.241. The third-order valence-corrected chi connectivity index (χ3v) is 3.43. The Morgan fingerprint density at radius 2 is 1.75 bits per heavy atom. The topological polar surface area (TPSA) is 114 Å². The summed E-state index contributed by atoms with van der Waals surface area (Å²) in [6.07, 6.45) is 5.00. The predicted octanol–water partition coefficient (Wildman–Crippen LogP) is 0.366. The van der Waals surface area contributed by atoms with Crippen molar-refractivity contribution >= 4 is 31.6 Å². The molecular weight excluding hydrogens is 306 g/mol. The van der Waals surface area contributed by atoms with Crippen molar-refractivity contribution in [1.29, 1.82) is 0 Å². The van der Waals surface area contributed by atoms with Crippen molar-refractivity contribution < 1.29 is 21.6 Å². The van der Waals surface area contributed by atoms with Crippen molar-refractivity contribution in [2.75, 3.05) is 22.0 Å². The van der Waals surface area contributed by atoms with Crippen molar-refractivity contribution in [1.82, 2.24) is 4.98 Å². The van der Waals surface area contributed by atoms with Crippen LogP contribution in [-0.2, 0) is 20.0 Å². The lowest BCUT2D eigenvalue weighted by atomic mass is 10.4. The molecule has 0 unspecified atom stereocenters. The molecule has 8 nitrogen and oxygen atoms in total. The second-order valence-corrected chi connectivity index (χ2v) is 8.13. The number of rotatable bonds is 6. The van der Waals surface area contributed by atoms with Gasteiger partial charge in [-0.15, -0.1) is 0 Å². The van der Waals surface area contributed by atoms with Crippen molar-refractivity contribution in [3.8, 4) is 5.75 Å². The van der Waals surface area contributed by atoms with E-state index in [9.17, 15) is 16.8 Å². The summed E-state index contributed by atoms with van der Waals surface area (Å²) in [7, 11) is -6.93. The van der Waals surface area contributed by atoms with E-state index in [1.165, 1.54) is 12.3 Å². The van der Waals surface area contributed by atoms with Gasteiger partial charge in [-0.25, -0.2) is 21.8 Å². The minimum Gasteiger partial charge on any atom is -0.486 e. The van der Waals surface area contributed by atoms with Gasteiger partial charge in [0.2, 0.25) is 20.0 Å². The number of nitrogens with one attached hydrogen (secondary N) is 2. The highest BCUT2D eigenvalue weighted by molar-refractivity contribution is 7.92. The van der Waals surface area contributed by atoms with Gasteiger partial charge in [-0.05, 0) is 12.8 Å². The molecule has 0 aliphatic heterocycles. The summed E-state index contributed by atoms with van der Waals surface area (Å²) in [5, 5.41) is 0. The second-order valence-electron chi connectivity index (χ2n) is 4.64. The molecular formula is C10H15N3O5S2. The molecule has 0 spiro atoms. The fourth-order valence-electron chi connectivity index (χ4n) is 1.42. The lowest BCUT2D eigenvalue weighted by Gasteiger charge is -2.12. The van der Waals surface area contributed by atoms with Crippen LogP contribution in [0.3, 0.4) is 0 Å². The van der Waals surface area contributed by atoms with Crippen LogP contribution < -0.4 is 14.2 Å². The zero-order valence-electron chi connectivity index (χ0n) is 11.0. The molecule has 0 saturated heterocycles. The van der Waals surface area contributed by atoms with Crippen LogP contribution in [0.4, 0.5) is 11.5 Å². The van der Waals surface area contributed by atoms with E-state index < -0.39 is 20.0 Å². The van der Waals surface area contributed by atoms with E-state index in [4.69, 9.17) is 4.74 Å². The number of ether oxygens (including phenoxy) is 1. The Kier molecular flexibility index (Phi) is 3.78. The van der Waals surface area contributed by atoms with Gasteiger partial charge < -0.3 is 4.74 Å². The fourth-order valence-corrected chi connectivity index (χ4v) is 2.47. The molecule has 1 fully saturated rings. The van der Waals surface area contributed by atoms with E-state index in [0.29, 0.717) is 0 Å². The molecule has 1 aromatic rings. The predicted molar refractivity (Wildman–Crippen MR) is 74.8 cm³/mol. The summed E-state index contributed by atoms with van der Waals surface area (Å²) >= 11 is 0. The standard InChI is InChI=1S/C10H15N3O5S2/c1-19(14,15)12-7-5-9(18-8-3-4-8)10(11-6-7)13-20(2,16)17/h5-6,8,12H,3-4H2,1-2H3,(H,11,13). The van der Waals surface area contributed by atoms with Gasteiger partial charge in [0.05, 0.1) is 30.5 Å². The van der Waals surface area contributed by atoms with Gasteiger partial charge in [0.1, 0.15) is 0 Å². The summed E-state index contributed by atoms with van der Waals surface area (Å²) < 4.78 is 54.9. The largest absolute Gasteiger partial charge is 0.486 e. The van der Waals surface area contributed by atoms with Gasteiger partial charge in [-0.1, -0.05) is 0 Å². The van der Waals surface area contributed by atoms with Crippen LogP contribution >= 0.6 is 0 Å². The van der Waals surface area contributed by atoms with Gasteiger partial charge >= 0.3 is 0 Å². The van der Waals surface area contributed by atoms with Crippen molar-refractivity contribution in [2.24, 2.45) is 0 Å². The monoisotopic (exact) mass is 321 g/mol. The molecule has 1 aliphatic carbocycles. The van der Waals surface area contributed by atoms with E-state index in [-0.39, 0.29) is 23.4 Å². The van der Waals surface area contributed by atoms with Crippen LogP contribution in [-0.4, -0.2) is 40.4 Å². The molecule has 2 N–H and O–H groups in total. The van der Waals surface area contributed by atoms with E-state index >= 15 is 0 Å². The number of anilines is 2. The third kappa shape index (κ3) is 4.85. The first-order valence-electron chi connectivity index (χ1n) is 5.75. The summed E-state index contributed by atoms with van der Waals surface area (Å²) in [6.45, 7) is 0. The first-order chi connectivity index (χ1) is 9.12. The molecule has 20 heavy (non-hydrogen) atoms. The molecule has 0 amide bonds. The van der Waals surface area contributed by atoms with E-state index in [1.54, 1.807) is 0 Å². The molecule has 0 atom stereocenters. The van der Waals surface area contributed by atoms with Crippen molar-refractivity contribution in [2.45, 2.75) is 18.9 Å². The normalized spacial score (nSPS) is 15.7. The molecule has 1 heterocycles. The summed E-state index contributed by atoms with van der Waals surface area (Å²) in [4.78, 5) is 3.89. The van der Waals surface area contributed by atoms with Crippen LogP contribution in [0.5, 0.6) is 5.75 Å². The minimum atomic E-state index is -3.49. The summed E-state index contributed by atoms with van der Waals surface area (Å²) in [6, 6.07) is 1.40. The Labute approximate surface area is 117 Å². The van der Waals surface area contributed by atoms with Gasteiger partial charge in [0.25, 0.3) is 0 Å². The second kappa shape index (κ2) is 5.09. The molecule has 0 bridgehead atoms. The molecule has 0 aromatic carbocycles. The van der Waals surface area contributed by atoms with Gasteiger partial charge in [0.15, 0.2) is 11.6 Å². The number of hydrogen-bond acceptors (Lipinski definition) is 6. The quantitative estimate of drug-likeness (QED) is 0.782. The number of nitrogens with zero attached hydrogens (tertiary/aromatic N) is 1. The average Bonchev–Trinajstić information content (AvgIpc) is 3.01. The van der Waals surface area contributed by atoms with Crippen LogP contribution in [0, 0.1) is 0 Å². The van der Waals surface area contributed by atoms with Gasteiger partial charge in [0, 0.05) is 6.07 Å². The highest BCUT2D eigenvalue weighted by atomic mass is 32.2. The lowest BCUT2D eigenvalue weighted by molar-refractivity contribution is 0.304. The van der Waals surface area contributed by atoms with Crippen LogP contribution in [0.15, 0.2) is 12.3 Å². The van der Waals surface area contributed by atoms with Crippen LogP contribution in [0.1, 0.15) is 12.8 Å². The van der Waals surface area contributed by atoms with Gasteiger partial charge in [-0.2, -0.15) is 0 Å². The first-order valence-corrected chi connectivity index (χ1v) is 9.53. The van der Waals surface area contributed by atoms with Crippen LogP contribution in [0.25, 0.3) is 0 Å². The maximum absolute atomic E-state index is 11.2. The Balaban J connectivity index is 2.31. The molecule has 10 heteroatoms. The molecule has 2 rings (SSSR count). The van der Waals surface area contributed by atoms with Gasteiger partial charge in [-0.3, -0.25) is 9.44 Å². The van der Waals surface area contributed by atoms with E-state index in [1.807, 2.05) is 0 Å². The number of aromatic nitrogens is 1. The maximum Gasteiger partial charge on any atom is 0.231 e. The smallest absolute Gasteiger partial charge is 0.231 e. The Hall–Kier alpha value is -1.55. The fraction of sp³-hybridized carbons (Fsp3) is 0.500. The number of hydrogen-bond donors (Lipinski definition) is 2. The number of sulfonamides is 2. The SMILES string of the molecule is CS(=O)(=O)Nc1cnc(NS(C)(=O)=O)c(OC2CC2)c1. The Morgan fingerprint density at radius 3 is 2.25 bits per heavy atom. The van der Waals surface area contributed by atoms with E-state index in [0.717, 1.165) is 25.4 Å². The number of pyridine rings is 1. The van der Waals surface area contributed by atoms with Crippen molar-refractivity contribution in [3.05, 3.63) is 12.3 Å². The van der Waals surface area contributed by atoms with E-state index in [2.05, 4.69) is 14.4 Å². The highest BCUT2D eigenvalue weighted by Crippen LogP contribution is 2.33. The maximum atomic E-state index is 11.2. The Morgan fingerprint density at radius 1 is 1.15 bits per heavy atom. The van der Waals surface area contributed by atoms with Crippen molar-refractivity contribution in [3.63, 3.8) is 0 Å². The molecule has 112 valence electrons. The minimum absolute atomic E-state index is 0.0189. The molecule has 1 aliphatic rings. The zero-order chi connectivity index (χ0) is 15.0. The average molecular weight is 321 g/mol. The first kappa shape index (κ1) is 14.9. The lowest BCUT2D eigenvalue weighted by Crippen LogP contribution is -2.14. The molecule has 1 saturated carbocycles. The molecule has 0 radical (unpaired) electrons.